The number of aromatic amines is 1. The van der Waals surface area contributed by atoms with Crippen LogP contribution in [0, 0.1) is 0 Å². The Kier molecular flexibility index (Phi) is 5.87. The fourth-order valence-electron chi connectivity index (χ4n) is 2.81. The van der Waals surface area contributed by atoms with Gasteiger partial charge in [-0.1, -0.05) is 6.08 Å². The zero-order chi connectivity index (χ0) is 19.2. The number of nitrogens with zero attached hydrogens (tertiary/aromatic N) is 2. The summed E-state index contributed by atoms with van der Waals surface area (Å²) in [4.78, 5) is 32.7. The number of nitrogens with one attached hydrogen (secondary N) is 3. The molecule has 3 heterocycles. The highest BCUT2D eigenvalue weighted by Gasteiger charge is 2.29. The quantitative estimate of drug-likeness (QED) is 0.626. The zero-order valence-corrected chi connectivity index (χ0v) is 15.4. The van der Waals surface area contributed by atoms with Gasteiger partial charge in [0.05, 0.1) is 13.2 Å². The lowest BCUT2D eigenvalue weighted by Gasteiger charge is -2.39. The van der Waals surface area contributed by atoms with E-state index in [1.807, 2.05) is 13.1 Å². The third kappa shape index (κ3) is 4.53. The molecule has 1 aliphatic heterocycles. The molecule has 0 unspecified atom stereocenters. The van der Waals surface area contributed by atoms with Crippen LogP contribution in [0.25, 0.3) is 11.1 Å². The molecule has 3 N–H and O–H groups in total. The molecule has 0 radical (unpaired) electrons. The van der Waals surface area contributed by atoms with E-state index in [1.54, 1.807) is 48.7 Å². The molecule has 1 fully saturated rings. The SMILES string of the molecule is CNCC=CC(=O)N1CC(Nc2cc(-c3ccnc(OC)c3)c[nH]c2=O)C1. The number of pyridine rings is 2. The van der Waals surface area contributed by atoms with Gasteiger partial charge in [-0.15, -0.1) is 0 Å². The van der Waals surface area contributed by atoms with Crippen LogP contribution in [0.3, 0.4) is 0 Å². The zero-order valence-electron chi connectivity index (χ0n) is 15.4. The van der Waals surface area contributed by atoms with Gasteiger partial charge >= 0.3 is 0 Å². The largest absolute Gasteiger partial charge is 0.481 e. The van der Waals surface area contributed by atoms with E-state index < -0.39 is 0 Å². The molecule has 0 aliphatic carbocycles. The number of H-pyrrole nitrogens is 1. The summed E-state index contributed by atoms with van der Waals surface area (Å²) < 4.78 is 5.15. The number of rotatable bonds is 7. The van der Waals surface area contributed by atoms with Crippen molar-refractivity contribution in [3.63, 3.8) is 0 Å². The number of hydrogen-bond acceptors (Lipinski definition) is 6. The number of hydrogen-bond donors (Lipinski definition) is 3. The van der Waals surface area contributed by atoms with Crippen molar-refractivity contribution in [2.45, 2.75) is 6.04 Å². The number of methoxy groups -OCH3 is 1. The van der Waals surface area contributed by atoms with Crippen LogP contribution in [-0.4, -0.2) is 60.6 Å². The lowest BCUT2D eigenvalue weighted by Crippen LogP contribution is -2.57. The van der Waals surface area contributed by atoms with Crippen LogP contribution >= 0.6 is 0 Å². The maximum atomic E-state index is 12.1. The molecule has 0 saturated carbocycles. The minimum atomic E-state index is -0.196. The fourth-order valence-corrected chi connectivity index (χ4v) is 2.81. The normalized spacial score (nSPS) is 14.2. The van der Waals surface area contributed by atoms with E-state index in [2.05, 4.69) is 20.6 Å². The van der Waals surface area contributed by atoms with E-state index in [0.717, 1.165) is 11.1 Å². The second kappa shape index (κ2) is 8.50. The summed E-state index contributed by atoms with van der Waals surface area (Å²) in [5.74, 6) is 0.488. The first-order valence-electron chi connectivity index (χ1n) is 8.70. The van der Waals surface area contributed by atoms with Crippen LogP contribution in [0.5, 0.6) is 5.88 Å². The maximum Gasteiger partial charge on any atom is 0.271 e. The molecule has 0 aromatic carbocycles. The van der Waals surface area contributed by atoms with E-state index in [-0.39, 0.29) is 17.5 Å². The predicted molar refractivity (Wildman–Crippen MR) is 104 cm³/mol. The number of amides is 1. The lowest BCUT2D eigenvalue weighted by atomic mass is 10.1. The van der Waals surface area contributed by atoms with Gasteiger partial charge in [0.25, 0.3) is 5.56 Å². The molecule has 27 heavy (non-hydrogen) atoms. The van der Waals surface area contributed by atoms with Crippen LogP contribution in [0.15, 0.2) is 47.5 Å². The number of likely N-dealkylation sites (tertiary alicyclic amines) is 1. The van der Waals surface area contributed by atoms with Gasteiger partial charge in [-0.2, -0.15) is 0 Å². The Bertz CT molecular complexity index is 887. The average Bonchev–Trinajstić information content (AvgIpc) is 2.65. The van der Waals surface area contributed by atoms with Crippen molar-refractivity contribution in [3.8, 4) is 17.0 Å². The van der Waals surface area contributed by atoms with Crippen LogP contribution in [0.4, 0.5) is 5.69 Å². The summed E-state index contributed by atoms with van der Waals surface area (Å²) in [6, 6.07) is 5.50. The Morgan fingerprint density at radius 1 is 1.41 bits per heavy atom. The molecule has 8 heteroatoms. The van der Waals surface area contributed by atoms with Gasteiger partial charge in [0.15, 0.2) is 0 Å². The third-order valence-electron chi connectivity index (χ3n) is 4.32. The van der Waals surface area contributed by atoms with E-state index in [9.17, 15) is 9.59 Å². The second-order valence-corrected chi connectivity index (χ2v) is 6.26. The summed E-state index contributed by atoms with van der Waals surface area (Å²) >= 11 is 0. The van der Waals surface area contributed by atoms with E-state index in [4.69, 9.17) is 4.74 Å². The Morgan fingerprint density at radius 3 is 2.96 bits per heavy atom. The highest BCUT2D eigenvalue weighted by molar-refractivity contribution is 5.88. The number of anilines is 1. The van der Waals surface area contributed by atoms with Gasteiger partial charge in [0.2, 0.25) is 11.8 Å². The first-order valence-corrected chi connectivity index (χ1v) is 8.70. The van der Waals surface area contributed by atoms with Crippen LogP contribution in [0.2, 0.25) is 0 Å². The molecule has 2 aromatic rings. The molecule has 1 aliphatic rings. The molecule has 8 nitrogen and oxygen atoms in total. The van der Waals surface area contributed by atoms with Crippen molar-refractivity contribution in [1.29, 1.82) is 0 Å². The molecule has 142 valence electrons. The highest BCUT2D eigenvalue weighted by Crippen LogP contribution is 2.23. The predicted octanol–water partition coefficient (Wildman–Crippen LogP) is 0.844. The first kappa shape index (κ1) is 18.7. The molecular formula is C19H23N5O3. The molecule has 0 spiro atoms. The molecular weight excluding hydrogens is 346 g/mol. The van der Waals surface area contributed by atoms with Crippen molar-refractivity contribution >= 4 is 11.6 Å². The molecule has 3 rings (SSSR count). The van der Waals surface area contributed by atoms with Gasteiger partial charge in [0.1, 0.15) is 5.69 Å². The van der Waals surface area contributed by atoms with Crippen molar-refractivity contribution in [2.75, 3.05) is 39.1 Å². The number of carbonyl (C=O) groups excluding carboxylic acids is 1. The Balaban J connectivity index is 1.65. The highest BCUT2D eigenvalue weighted by atomic mass is 16.5. The maximum absolute atomic E-state index is 12.1. The summed E-state index contributed by atoms with van der Waals surface area (Å²) in [5.41, 5.74) is 2.02. The Labute approximate surface area is 157 Å². The summed E-state index contributed by atoms with van der Waals surface area (Å²) in [6.45, 7) is 1.79. The summed E-state index contributed by atoms with van der Waals surface area (Å²) in [5, 5.41) is 6.17. The van der Waals surface area contributed by atoms with Crippen molar-refractivity contribution in [2.24, 2.45) is 0 Å². The minimum absolute atomic E-state index is 0.0187. The van der Waals surface area contributed by atoms with Gasteiger partial charge in [0, 0.05) is 49.7 Å². The molecule has 1 amide bonds. The Morgan fingerprint density at radius 2 is 2.22 bits per heavy atom. The topological polar surface area (TPSA) is 99.3 Å². The van der Waals surface area contributed by atoms with Gasteiger partial charge in [-0.05, 0) is 24.7 Å². The second-order valence-electron chi connectivity index (χ2n) is 6.26. The van der Waals surface area contributed by atoms with Gasteiger partial charge < -0.3 is 25.3 Å². The monoisotopic (exact) mass is 369 g/mol. The molecule has 0 atom stereocenters. The van der Waals surface area contributed by atoms with E-state index >= 15 is 0 Å². The van der Waals surface area contributed by atoms with Crippen LogP contribution < -0.4 is 20.9 Å². The molecule has 2 aromatic heterocycles. The number of ether oxygens (including phenoxy) is 1. The number of aromatic nitrogens is 2. The fraction of sp³-hybridized carbons (Fsp3) is 0.316. The van der Waals surface area contributed by atoms with Gasteiger partial charge in [-0.25, -0.2) is 4.98 Å². The first-order chi connectivity index (χ1) is 13.1. The summed E-state index contributed by atoms with van der Waals surface area (Å²) in [7, 11) is 3.38. The van der Waals surface area contributed by atoms with Crippen molar-refractivity contribution in [3.05, 3.63) is 53.1 Å². The van der Waals surface area contributed by atoms with Crippen LogP contribution in [-0.2, 0) is 4.79 Å². The Hall–Kier alpha value is -3.13. The lowest BCUT2D eigenvalue weighted by molar-refractivity contribution is -0.129. The standard InChI is InChI=1S/C19H23N5O3/c1-20-6-3-4-18(25)24-11-15(12-24)23-16-8-14(10-22-19(16)26)13-5-7-21-17(9-13)27-2/h3-5,7-10,15,20,23H,6,11-12H2,1-2H3,(H,22,26). The van der Waals surface area contributed by atoms with Crippen molar-refractivity contribution in [1.82, 2.24) is 20.2 Å². The van der Waals surface area contributed by atoms with Crippen molar-refractivity contribution < 1.29 is 9.53 Å². The third-order valence-corrected chi connectivity index (χ3v) is 4.32. The smallest absolute Gasteiger partial charge is 0.271 e. The molecule has 0 bridgehead atoms. The van der Waals surface area contributed by atoms with E-state index in [1.165, 1.54) is 0 Å². The summed E-state index contributed by atoms with van der Waals surface area (Å²) in [6.07, 6.45) is 6.67. The van der Waals surface area contributed by atoms with Crippen LogP contribution in [0.1, 0.15) is 0 Å². The minimum Gasteiger partial charge on any atom is -0.481 e. The number of carbonyl (C=O) groups is 1. The van der Waals surface area contributed by atoms with Gasteiger partial charge in [-0.3, -0.25) is 9.59 Å². The average molecular weight is 369 g/mol. The molecule has 1 saturated heterocycles. The number of likely N-dealkylation sites (N-methyl/N-ethyl adjacent to an activating group) is 1. The van der Waals surface area contributed by atoms with E-state index in [0.29, 0.717) is 31.2 Å².